The summed E-state index contributed by atoms with van der Waals surface area (Å²) in [6.07, 6.45) is 2.61. The largest absolute Gasteiger partial charge is 0.413 e. The number of hydrogen-bond acceptors (Lipinski definition) is 4. The molecule has 34 heavy (non-hydrogen) atoms. The van der Waals surface area contributed by atoms with E-state index in [-0.39, 0.29) is 23.9 Å². The van der Waals surface area contributed by atoms with Crippen LogP contribution in [-0.2, 0) is 11.2 Å². The molecule has 0 aromatic heterocycles. The minimum Gasteiger partial charge on any atom is -0.382 e. The fraction of sp³-hybridized carbons (Fsp3) is 0.577. The molecular weight excluding hydrogens is 441 g/mol. The van der Waals surface area contributed by atoms with E-state index in [0.717, 1.165) is 43.6 Å². The van der Waals surface area contributed by atoms with E-state index in [2.05, 4.69) is 41.4 Å². The van der Waals surface area contributed by atoms with Crippen LogP contribution in [0.2, 0.25) is 0 Å². The van der Waals surface area contributed by atoms with E-state index >= 15 is 0 Å². The molecule has 4 atom stereocenters. The molecule has 0 spiro atoms. The molecule has 5 nitrogen and oxygen atoms in total. The van der Waals surface area contributed by atoms with Crippen molar-refractivity contribution in [2.75, 3.05) is 32.0 Å². The number of hydrogen-bond donors (Lipinski definition) is 3. The number of halogens is 3. The molecule has 1 aromatic rings. The molecule has 1 saturated carbocycles. The number of benzene rings is 1. The van der Waals surface area contributed by atoms with E-state index in [0.29, 0.717) is 24.4 Å². The highest BCUT2D eigenvalue weighted by Gasteiger charge is 2.41. The first kappa shape index (κ1) is 24.8. The first-order chi connectivity index (χ1) is 16.1. The maximum Gasteiger partial charge on any atom is 0.413 e. The van der Waals surface area contributed by atoms with Crippen molar-refractivity contribution in [1.29, 1.82) is 0 Å². The third-order valence-electron chi connectivity index (χ3n) is 7.20. The lowest BCUT2D eigenvalue weighted by Crippen LogP contribution is -2.44. The number of fused-ring (bicyclic) bond motifs is 1. The fourth-order valence-electron chi connectivity index (χ4n) is 5.05. The second-order valence-corrected chi connectivity index (χ2v) is 10.0. The molecule has 2 aliphatic heterocycles. The van der Waals surface area contributed by atoms with E-state index in [9.17, 15) is 18.0 Å². The van der Waals surface area contributed by atoms with Gasteiger partial charge in [-0.25, -0.2) is 0 Å². The lowest BCUT2D eigenvalue weighted by Gasteiger charge is -2.38. The average Bonchev–Trinajstić information content (AvgIpc) is 3.63. The highest BCUT2D eigenvalue weighted by molar-refractivity contribution is 5.80. The maximum absolute atomic E-state index is 13.7. The molecular formula is C26H35F3N4O. The normalized spacial score (nSPS) is 27.9. The fourth-order valence-corrected chi connectivity index (χ4v) is 5.05. The SMILES string of the molecule is C=C(C1NC(/C=C/CNC(=O)C2CC2)Cc2c(N[C@@H]3CCN(C)C[C@H]3C)cccc21)C(F)(F)F. The third-order valence-corrected chi connectivity index (χ3v) is 7.20. The number of rotatable bonds is 7. The highest BCUT2D eigenvalue weighted by Crippen LogP contribution is 2.41. The van der Waals surface area contributed by atoms with Gasteiger partial charge in [0.05, 0.1) is 6.04 Å². The van der Waals surface area contributed by atoms with E-state index < -0.39 is 17.8 Å². The van der Waals surface area contributed by atoms with Gasteiger partial charge in [0.2, 0.25) is 5.91 Å². The van der Waals surface area contributed by atoms with Crippen LogP contribution in [0.3, 0.4) is 0 Å². The molecule has 3 N–H and O–H groups in total. The number of amides is 1. The van der Waals surface area contributed by atoms with Gasteiger partial charge in [0, 0.05) is 42.4 Å². The number of carbonyl (C=O) groups is 1. The van der Waals surface area contributed by atoms with Crippen LogP contribution in [0.5, 0.6) is 0 Å². The zero-order chi connectivity index (χ0) is 24.5. The van der Waals surface area contributed by atoms with Crippen molar-refractivity contribution in [3.05, 3.63) is 53.6 Å². The molecule has 0 bridgehead atoms. The van der Waals surface area contributed by atoms with Gasteiger partial charge in [-0.3, -0.25) is 10.1 Å². The van der Waals surface area contributed by atoms with Crippen molar-refractivity contribution in [1.82, 2.24) is 15.5 Å². The predicted octanol–water partition coefficient (Wildman–Crippen LogP) is 4.20. The summed E-state index contributed by atoms with van der Waals surface area (Å²) in [6, 6.07) is 4.52. The molecule has 186 valence electrons. The Labute approximate surface area is 199 Å². The predicted molar refractivity (Wildman–Crippen MR) is 129 cm³/mol. The Morgan fingerprint density at radius 2 is 2.06 bits per heavy atom. The minimum atomic E-state index is -4.50. The Bertz CT molecular complexity index is 940. The summed E-state index contributed by atoms with van der Waals surface area (Å²) in [6.45, 7) is 7.96. The van der Waals surface area contributed by atoms with Gasteiger partial charge in [0.25, 0.3) is 0 Å². The molecule has 2 fully saturated rings. The third kappa shape index (κ3) is 5.84. The number of piperidine rings is 1. The van der Waals surface area contributed by atoms with Crippen LogP contribution in [0.1, 0.15) is 43.4 Å². The molecule has 0 radical (unpaired) electrons. The van der Waals surface area contributed by atoms with Gasteiger partial charge in [0.15, 0.2) is 0 Å². The number of nitrogens with one attached hydrogen (secondary N) is 3. The molecule has 4 rings (SSSR count). The van der Waals surface area contributed by atoms with Crippen molar-refractivity contribution < 1.29 is 18.0 Å². The van der Waals surface area contributed by atoms with Gasteiger partial charge in [-0.2, -0.15) is 13.2 Å². The molecule has 1 amide bonds. The molecule has 1 saturated heterocycles. The van der Waals surface area contributed by atoms with Crippen molar-refractivity contribution in [3.8, 4) is 0 Å². The zero-order valence-corrected chi connectivity index (χ0v) is 19.9. The van der Waals surface area contributed by atoms with Crippen molar-refractivity contribution in [3.63, 3.8) is 0 Å². The zero-order valence-electron chi connectivity index (χ0n) is 19.9. The summed E-state index contributed by atoms with van der Waals surface area (Å²) in [5.74, 6) is 0.611. The molecule has 1 aliphatic carbocycles. The Balaban J connectivity index is 1.54. The van der Waals surface area contributed by atoms with E-state index in [1.807, 2.05) is 24.3 Å². The van der Waals surface area contributed by atoms with Gasteiger partial charge in [0.1, 0.15) is 0 Å². The average molecular weight is 477 g/mol. The quantitative estimate of drug-likeness (QED) is 0.517. The van der Waals surface area contributed by atoms with Gasteiger partial charge in [-0.15, -0.1) is 0 Å². The summed E-state index contributed by atoms with van der Waals surface area (Å²) in [4.78, 5) is 14.1. The Hall–Kier alpha value is -2.32. The second-order valence-electron chi connectivity index (χ2n) is 10.0. The van der Waals surface area contributed by atoms with Gasteiger partial charge in [-0.1, -0.05) is 37.8 Å². The lowest BCUT2D eigenvalue weighted by molar-refractivity contribution is -0.122. The molecule has 1 aromatic carbocycles. The molecule has 3 aliphatic rings. The maximum atomic E-state index is 13.7. The number of nitrogens with zero attached hydrogens (tertiary/aromatic N) is 1. The van der Waals surface area contributed by atoms with Crippen LogP contribution < -0.4 is 16.0 Å². The summed E-state index contributed by atoms with van der Waals surface area (Å²) < 4.78 is 41.0. The van der Waals surface area contributed by atoms with Crippen LogP contribution in [0.25, 0.3) is 0 Å². The minimum absolute atomic E-state index is 0.0497. The Morgan fingerprint density at radius 1 is 1.29 bits per heavy atom. The first-order valence-electron chi connectivity index (χ1n) is 12.2. The van der Waals surface area contributed by atoms with Crippen LogP contribution in [0.4, 0.5) is 18.9 Å². The van der Waals surface area contributed by atoms with E-state index in [1.54, 1.807) is 6.07 Å². The van der Waals surface area contributed by atoms with Gasteiger partial charge >= 0.3 is 6.18 Å². The summed E-state index contributed by atoms with van der Waals surface area (Å²) in [7, 11) is 2.11. The van der Waals surface area contributed by atoms with Crippen LogP contribution in [0, 0.1) is 11.8 Å². The standard InChI is InChI=1S/C26H35F3N4O/c1-16-15-33(3)13-11-22(16)32-23-8-4-7-20-21(23)14-19(31-24(20)17(2)26(27,28)29)6-5-12-30-25(34)18-9-10-18/h4-8,16,18-19,22,24,31-32H,2,9-15H2,1,3H3,(H,30,34)/b6-5+/t16-,19?,22-,24?/m1/s1. The lowest BCUT2D eigenvalue weighted by atomic mass is 9.85. The summed E-state index contributed by atoms with van der Waals surface area (Å²) in [5, 5.41) is 9.65. The number of likely N-dealkylation sites (tertiary alicyclic amines) is 1. The van der Waals surface area contributed by atoms with Crippen molar-refractivity contribution in [2.45, 2.75) is 56.9 Å². The molecule has 8 heteroatoms. The summed E-state index contributed by atoms with van der Waals surface area (Å²) >= 11 is 0. The van der Waals surface area contributed by atoms with Gasteiger partial charge < -0.3 is 15.5 Å². The van der Waals surface area contributed by atoms with Crippen LogP contribution in [0.15, 0.2) is 42.5 Å². The first-order valence-corrected chi connectivity index (χ1v) is 12.2. The van der Waals surface area contributed by atoms with Crippen LogP contribution in [-0.4, -0.2) is 55.7 Å². The second kappa shape index (κ2) is 10.1. The number of alkyl halides is 3. The Morgan fingerprint density at radius 3 is 2.74 bits per heavy atom. The van der Waals surface area contributed by atoms with Crippen LogP contribution >= 0.6 is 0 Å². The van der Waals surface area contributed by atoms with Gasteiger partial charge in [-0.05, 0) is 62.4 Å². The number of carbonyl (C=O) groups excluding carboxylic acids is 1. The topological polar surface area (TPSA) is 56.4 Å². The van der Waals surface area contributed by atoms with E-state index in [1.165, 1.54) is 0 Å². The summed E-state index contributed by atoms with van der Waals surface area (Å²) in [5.41, 5.74) is 1.64. The smallest absolute Gasteiger partial charge is 0.382 e. The monoisotopic (exact) mass is 476 g/mol. The molecule has 2 heterocycles. The molecule has 2 unspecified atom stereocenters. The van der Waals surface area contributed by atoms with Crippen molar-refractivity contribution >= 4 is 11.6 Å². The highest BCUT2D eigenvalue weighted by atomic mass is 19.4. The Kier molecular flexibility index (Phi) is 7.38. The van der Waals surface area contributed by atoms with Crippen molar-refractivity contribution in [2.24, 2.45) is 11.8 Å². The number of anilines is 1. The van der Waals surface area contributed by atoms with E-state index in [4.69, 9.17) is 0 Å².